The normalized spacial score (nSPS) is 14.7. The molecule has 1 amide bonds. The molecular weight excluding hydrogens is 307 g/mol. The van der Waals surface area contributed by atoms with E-state index in [9.17, 15) is 4.79 Å². The molecule has 2 N–H and O–H groups in total. The van der Waals surface area contributed by atoms with Gasteiger partial charge in [0.15, 0.2) is 0 Å². The summed E-state index contributed by atoms with van der Waals surface area (Å²) in [6.07, 6.45) is 0.426. The summed E-state index contributed by atoms with van der Waals surface area (Å²) in [5.74, 6) is 0.0361. The predicted molar refractivity (Wildman–Crippen MR) is 86.1 cm³/mol. The highest BCUT2D eigenvalue weighted by atomic mass is 35.5. The molecule has 1 atom stereocenters. The number of hydrogen-bond donors (Lipinski definition) is 2. The van der Waals surface area contributed by atoms with Gasteiger partial charge in [0.1, 0.15) is 0 Å². The van der Waals surface area contributed by atoms with Crippen molar-refractivity contribution < 1.29 is 4.79 Å². The number of anilines is 1. The molecule has 0 fully saturated rings. The fraction of sp³-hybridized carbons (Fsp3) is 0.188. The van der Waals surface area contributed by atoms with Crippen molar-refractivity contribution in [1.29, 1.82) is 0 Å². The highest BCUT2D eigenvalue weighted by Crippen LogP contribution is 2.31. The second-order valence-electron chi connectivity index (χ2n) is 5.07. The van der Waals surface area contributed by atoms with E-state index in [0.717, 1.165) is 22.4 Å². The number of amides is 1. The monoisotopic (exact) mass is 320 g/mol. The van der Waals surface area contributed by atoms with Crippen LogP contribution in [0.4, 0.5) is 5.69 Å². The quantitative estimate of drug-likeness (QED) is 0.903. The first-order valence-corrected chi connectivity index (χ1v) is 7.38. The first-order chi connectivity index (χ1) is 10.1. The van der Waals surface area contributed by atoms with Gasteiger partial charge in [0.2, 0.25) is 5.91 Å². The lowest BCUT2D eigenvalue weighted by atomic mass is 9.96. The molecule has 1 unspecified atom stereocenters. The molecule has 108 valence electrons. The molecule has 3 rings (SSSR count). The Morgan fingerprint density at radius 2 is 1.81 bits per heavy atom. The second-order valence-corrected chi connectivity index (χ2v) is 5.94. The van der Waals surface area contributed by atoms with Gasteiger partial charge in [-0.2, -0.15) is 0 Å². The molecule has 5 heteroatoms. The highest BCUT2D eigenvalue weighted by molar-refractivity contribution is 6.34. The summed E-state index contributed by atoms with van der Waals surface area (Å²) in [6, 6.07) is 11.5. The zero-order valence-corrected chi connectivity index (χ0v) is 12.9. The average Bonchev–Trinajstić information content (AvgIpc) is 2.78. The Morgan fingerprint density at radius 3 is 2.48 bits per heavy atom. The van der Waals surface area contributed by atoms with Crippen LogP contribution in [0.1, 0.15) is 22.7 Å². The molecule has 0 radical (unpaired) electrons. The van der Waals surface area contributed by atoms with Crippen molar-refractivity contribution in [3.63, 3.8) is 0 Å². The largest absolute Gasteiger partial charge is 0.326 e. The first kappa shape index (κ1) is 14.4. The number of fused-ring (bicyclic) bond motifs is 1. The fourth-order valence-electron chi connectivity index (χ4n) is 2.70. The third kappa shape index (κ3) is 2.91. The molecule has 1 aliphatic rings. The van der Waals surface area contributed by atoms with E-state index >= 15 is 0 Å². The SMILES string of the molecule is CNC(c1cc(Cl)cc(Cl)c1)c1ccc2c(c1)CC(=O)N2. The Morgan fingerprint density at radius 1 is 1.10 bits per heavy atom. The highest BCUT2D eigenvalue weighted by Gasteiger charge is 2.20. The third-order valence-corrected chi connectivity index (χ3v) is 4.03. The molecule has 0 aromatic heterocycles. The molecule has 21 heavy (non-hydrogen) atoms. The van der Waals surface area contributed by atoms with Crippen LogP contribution in [0.15, 0.2) is 36.4 Å². The summed E-state index contributed by atoms with van der Waals surface area (Å²) < 4.78 is 0. The Bertz CT molecular complexity index is 695. The number of halogens is 2. The van der Waals surface area contributed by atoms with E-state index in [1.54, 1.807) is 6.07 Å². The van der Waals surface area contributed by atoms with Crippen LogP contribution >= 0.6 is 23.2 Å². The van der Waals surface area contributed by atoms with Gasteiger partial charge >= 0.3 is 0 Å². The van der Waals surface area contributed by atoms with Gasteiger partial charge in [-0.15, -0.1) is 0 Å². The van der Waals surface area contributed by atoms with E-state index in [2.05, 4.69) is 10.6 Å². The van der Waals surface area contributed by atoms with Crippen LogP contribution in [0.5, 0.6) is 0 Å². The van der Waals surface area contributed by atoms with Gasteiger partial charge < -0.3 is 10.6 Å². The Balaban J connectivity index is 2.01. The smallest absolute Gasteiger partial charge is 0.228 e. The van der Waals surface area contributed by atoms with Gasteiger partial charge in [-0.05, 0) is 48.0 Å². The molecule has 0 saturated heterocycles. The van der Waals surface area contributed by atoms with E-state index in [-0.39, 0.29) is 11.9 Å². The van der Waals surface area contributed by atoms with Gasteiger partial charge in [-0.1, -0.05) is 35.3 Å². The lowest BCUT2D eigenvalue weighted by Gasteiger charge is -2.18. The molecule has 2 aromatic rings. The average molecular weight is 321 g/mol. The number of carbonyl (C=O) groups is 1. The lowest BCUT2D eigenvalue weighted by Crippen LogP contribution is -2.17. The van der Waals surface area contributed by atoms with Crippen LogP contribution in [0.3, 0.4) is 0 Å². The minimum absolute atomic E-state index is 0.0257. The predicted octanol–water partition coefficient (Wildman–Crippen LogP) is 3.80. The van der Waals surface area contributed by atoms with E-state index in [1.807, 2.05) is 37.4 Å². The van der Waals surface area contributed by atoms with Gasteiger partial charge in [-0.25, -0.2) is 0 Å². The summed E-state index contributed by atoms with van der Waals surface area (Å²) >= 11 is 12.2. The number of nitrogens with one attached hydrogen (secondary N) is 2. The maximum absolute atomic E-state index is 11.4. The molecule has 0 aliphatic carbocycles. The van der Waals surface area contributed by atoms with Crippen molar-refractivity contribution >= 4 is 34.8 Å². The van der Waals surface area contributed by atoms with E-state index < -0.39 is 0 Å². The van der Waals surface area contributed by atoms with E-state index in [4.69, 9.17) is 23.2 Å². The first-order valence-electron chi connectivity index (χ1n) is 6.63. The zero-order chi connectivity index (χ0) is 15.0. The summed E-state index contributed by atoms with van der Waals surface area (Å²) in [6.45, 7) is 0. The van der Waals surface area contributed by atoms with Crippen molar-refractivity contribution in [2.45, 2.75) is 12.5 Å². The van der Waals surface area contributed by atoms with E-state index in [0.29, 0.717) is 16.5 Å². The summed E-state index contributed by atoms with van der Waals surface area (Å²) in [7, 11) is 1.89. The van der Waals surface area contributed by atoms with Crippen LogP contribution in [0.2, 0.25) is 10.0 Å². The van der Waals surface area contributed by atoms with Crippen LogP contribution in [0.25, 0.3) is 0 Å². The van der Waals surface area contributed by atoms with Crippen LogP contribution in [-0.4, -0.2) is 13.0 Å². The minimum atomic E-state index is -0.0257. The molecule has 1 heterocycles. The van der Waals surface area contributed by atoms with E-state index in [1.165, 1.54) is 0 Å². The topological polar surface area (TPSA) is 41.1 Å². The minimum Gasteiger partial charge on any atom is -0.326 e. The molecule has 2 aromatic carbocycles. The van der Waals surface area contributed by atoms with Gasteiger partial charge in [0.05, 0.1) is 12.5 Å². The van der Waals surface area contributed by atoms with Crippen LogP contribution in [0, 0.1) is 0 Å². The fourth-order valence-corrected chi connectivity index (χ4v) is 3.24. The Kier molecular flexibility index (Phi) is 3.89. The molecular formula is C16H14Cl2N2O. The van der Waals surface area contributed by atoms with Gasteiger partial charge in [0.25, 0.3) is 0 Å². The maximum atomic E-state index is 11.4. The third-order valence-electron chi connectivity index (χ3n) is 3.59. The Hall–Kier alpha value is -1.55. The lowest BCUT2D eigenvalue weighted by molar-refractivity contribution is -0.115. The van der Waals surface area contributed by atoms with Gasteiger partial charge in [-0.3, -0.25) is 4.79 Å². The number of carbonyl (C=O) groups excluding carboxylic acids is 1. The van der Waals surface area contributed by atoms with Gasteiger partial charge in [0, 0.05) is 15.7 Å². The standard InChI is InChI=1S/C16H14Cl2N2O/c1-19-16(11-5-12(17)8-13(18)6-11)9-2-3-14-10(4-9)7-15(21)20-14/h2-6,8,16,19H,7H2,1H3,(H,20,21). The zero-order valence-electron chi connectivity index (χ0n) is 11.4. The van der Waals surface area contributed by atoms with Crippen molar-refractivity contribution in [3.05, 3.63) is 63.1 Å². The van der Waals surface area contributed by atoms with Crippen LogP contribution in [-0.2, 0) is 11.2 Å². The molecule has 0 spiro atoms. The molecule has 3 nitrogen and oxygen atoms in total. The number of hydrogen-bond acceptors (Lipinski definition) is 2. The molecule has 0 bridgehead atoms. The summed E-state index contributed by atoms with van der Waals surface area (Å²) in [5, 5.41) is 7.32. The van der Waals surface area contributed by atoms with Crippen molar-refractivity contribution in [2.24, 2.45) is 0 Å². The van der Waals surface area contributed by atoms with Crippen molar-refractivity contribution in [2.75, 3.05) is 12.4 Å². The second kappa shape index (κ2) is 5.68. The number of rotatable bonds is 3. The van der Waals surface area contributed by atoms with Crippen LogP contribution < -0.4 is 10.6 Å². The maximum Gasteiger partial charge on any atom is 0.228 e. The van der Waals surface area contributed by atoms with Crippen molar-refractivity contribution in [3.8, 4) is 0 Å². The Labute approximate surface area is 133 Å². The summed E-state index contributed by atoms with van der Waals surface area (Å²) in [5.41, 5.74) is 3.98. The molecule has 1 aliphatic heterocycles. The number of benzene rings is 2. The summed E-state index contributed by atoms with van der Waals surface area (Å²) in [4.78, 5) is 11.4. The molecule has 0 saturated carbocycles. The van der Waals surface area contributed by atoms with Crippen molar-refractivity contribution in [1.82, 2.24) is 5.32 Å².